The normalized spacial score (nSPS) is 20.2. The molecule has 0 saturated carbocycles. The summed E-state index contributed by atoms with van der Waals surface area (Å²) in [6, 6.07) is 0. The van der Waals surface area contributed by atoms with Crippen molar-refractivity contribution in [1.29, 1.82) is 0 Å². The average molecular weight is 229 g/mol. The van der Waals surface area contributed by atoms with Crippen molar-refractivity contribution in [2.75, 3.05) is 39.0 Å². The first-order chi connectivity index (χ1) is 7.03. The van der Waals surface area contributed by atoms with Crippen LogP contribution in [0.2, 0.25) is 0 Å². The van der Waals surface area contributed by atoms with E-state index in [1.807, 2.05) is 11.8 Å². The highest BCUT2D eigenvalue weighted by molar-refractivity contribution is 8.13. The fraction of sp³-hybridized carbons (Fsp3) is 0.909. The van der Waals surface area contributed by atoms with Gasteiger partial charge >= 0.3 is 0 Å². The van der Waals surface area contributed by atoms with E-state index in [0.717, 1.165) is 31.3 Å². The van der Waals surface area contributed by atoms with Crippen molar-refractivity contribution in [3.05, 3.63) is 0 Å². The molecule has 1 heterocycles. The summed E-state index contributed by atoms with van der Waals surface area (Å²) >= 11 is 1.85. The van der Waals surface area contributed by atoms with Crippen LogP contribution >= 0.6 is 11.8 Å². The topological polar surface area (TPSA) is 27.6 Å². The molecule has 0 aliphatic carbocycles. The third-order valence-corrected chi connectivity index (χ3v) is 4.03. The quantitative estimate of drug-likeness (QED) is 0.794. The van der Waals surface area contributed by atoms with Crippen LogP contribution in [0, 0.1) is 5.41 Å². The molecule has 0 amide bonds. The zero-order valence-electron chi connectivity index (χ0n) is 10.3. The van der Waals surface area contributed by atoms with E-state index in [2.05, 4.69) is 43.0 Å². The number of nitrogens with zero attached hydrogens (tertiary/aromatic N) is 2. The molecular weight excluding hydrogens is 206 g/mol. The summed E-state index contributed by atoms with van der Waals surface area (Å²) in [5, 5.41) is 4.52. The molecule has 0 spiro atoms. The number of likely N-dealkylation sites (N-methyl/N-ethyl adjacent to an activating group) is 1. The minimum absolute atomic E-state index is 0.371. The van der Waals surface area contributed by atoms with Crippen LogP contribution in [0.1, 0.15) is 20.8 Å². The Kier molecular flexibility index (Phi) is 4.93. The fourth-order valence-corrected chi connectivity index (χ4v) is 2.24. The van der Waals surface area contributed by atoms with Crippen molar-refractivity contribution in [3.8, 4) is 0 Å². The second-order valence-electron chi connectivity index (χ2n) is 4.90. The zero-order valence-corrected chi connectivity index (χ0v) is 11.2. The maximum Gasteiger partial charge on any atom is 0.156 e. The summed E-state index contributed by atoms with van der Waals surface area (Å²) in [6.45, 7) is 10.8. The Hall–Kier alpha value is -0.220. The van der Waals surface area contributed by atoms with E-state index in [1.54, 1.807) is 0 Å². The molecule has 0 fully saturated rings. The summed E-state index contributed by atoms with van der Waals surface area (Å²) in [5.41, 5.74) is 0.371. The first-order valence-corrected chi connectivity index (χ1v) is 6.62. The predicted molar refractivity (Wildman–Crippen MR) is 69.7 cm³/mol. The third kappa shape index (κ3) is 4.89. The molecular formula is C11H23N3S. The molecule has 0 radical (unpaired) electrons. The van der Waals surface area contributed by atoms with Crippen molar-refractivity contribution in [1.82, 2.24) is 10.2 Å². The molecule has 1 aliphatic rings. The molecule has 3 nitrogen and oxygen atoms in total. The molecule has 0 bridgehead atoms. The standard InChI is InChI=1S/C11H23N3S/c1-5-14(4)7-6-12-10-13-8-11(2,3)9-15-10/h5-9H2,1-4H3,(H,12,13). The van der Waals surface area contributed by atoms with Gasteiger partial charge in [-0.05, 0) is 19.0 Å². The van der Waals surface area contributed by atoms with Crippen molar-refractivity contribution < 1.29 is 0 Å². The first kappa shape index (κ1) is 12.8. The van der Waals surface area contributed by atoms with Crippen LogP contribution in [0.3, 0.4) is 0 Å². The van der Waals surface area contributed by atoms with E-state index in [4.69, 9.17) is 0 Å². The Morgan fingerprint density at radius 1 is 1.53 bits per heavy atom. The summed E-state index contributed by atoms with van der Waals surface area (Å²) in [7, 11) is 2.14. The van der Waals surface area contributed by atoms with Gasteiger partial charge in [0.1, 0.15) is 0 Å². The molecule has 4 heteroatoms. The molecule has 0 aromatic carbocycles. The van der Waals surface area contributed by atoms with E-state index >= 15 is 0 Å². The molecule has 15 heavy (non-hydrogen) atoms. The van der Waals surface area contributed by atoms with Gasteiger partial charge in [0.2, 0.25) is 0 Å². The zero-order chi connectivity index (χ0) is 11.3. The maximum absolute atomic E-state index is 4.55. The van der Waals surface area contributed by atoms with Crippen LogP contribution < -0.4 is 5.32 Å². The van der Waals surface area contributed by atoms with Crippen LogP contribution in [0.15, 0.2) is 4.99 Å². The largest absolute Gasteiger partial charge is 0.364 e. The SMILES string of the molecule is CCN(C)CCNC1=NCC(C)(C)CS1. The van der Waals surface area contributed by atoms with Gasteiger partial charge in [-0.25, -0.2) is 0 Å². The fourth-order valence-electron chi connectivity index (χ4n) is 1.26. The summed E-state index contributed by atoms with van der Waals surface area (Å²) in [5.74, 6) is 1.17. The molecule has 88 valence electrons. The van der Waals surface area contributed by atoms with E-state index in [0.29, 0.717) is 5.41 Å². The van der Waals surface area contributed by atoms with Gasteiger partial charge in [0.15, 0.2) is 5.17 Å². The highest BCUT2D eigenvalue weighted by Crippen LogP contribution is 2.26. The Bertz CT molecular complexity index is 226. The van der Waals surface area contributed by atoms with Gasteiger partial charge < -0.3 is 10.2 Å². The number of hydrogen-bond acceptors (Lipinski definition) is 4. The van der Waals surface area contributed by atoms with Gasteiger partial charge in [0.05, 0.1) is 0 Å². The van der Waals surface area contributed by atoms with E-state index < -0.39 is 0 Å². The van der Waals surface area contributed by atoms with Gasteiger partial charge in [-0.15, -0.1) is 0 Å². The van der Waals surface area contributed by atoms with Gasteiger partial charge in [-0.1, -0.05) is 32.5 Å². The van der Waals surface area contributed by atoms with E-state index in [9.17, 15) is 0 Å². The van der Waals surface area contributed by atoms with Gasteiger partial charge in [-0.2, -0.15) is 0 Å². The average Bonchev–Trinajstić information content (AvgIpc) is 2.20. The van der Waals surface area contributed by atoms with Crippen LogP contribution in [-0.2, 0) is 0 Å². The summed E-state index contributed by atoms with van der Waals surface area (Å²) in [4.78, 5) is 6.85. The number of aliphatic imine (C=N–C) groups is 1. The smallest absolute Gasteiger partial charge is 0.156 e. The van der Waals surface area contributed by atoms with E-state index in [1.165, 1.54) is 5.75 Å². The minimum Gasteiger partial charge on any atom is -0.364 e. The molecule has 1 rings (SSSR count). The number of thioether (sulfide) groups is 1. The van der Waals surface area contributed by atoms with Crippen LogP contribution in [0.25, 0.3) is 0 Å². The summed E-state index contributed by atoms with van der Waals surface area (Å²) < 4.78 is 0. The second-order valence-corrected chi connectivity index (χ2v) is 5.86. The lowest BCUT2D eigenvalue weighted by Gasteiger charge is -2.27. The number of hydrogen-bond donors (Lipinski definition) is 1. The van der Waals surface area contributed by atoms with Crippen LogP contribution in [0.5, 0.6) is 0 Å². The van der Waals surface area contributed by atoms with Gasteiger partial charge in [-0.3, -0.25) is 4.99 Å². The lowest BCUT2D eigenvalue weighted by Crippen LogP contribution is -2.35. The molecule has 0 unspecified atom stereocenters. The Morgan fingerprint density at radius 2 is 2.27 bits per heavy atom. The van der Waals surface area contributed by atoms with Crippen molar-refractivity contribution in [2.24, 2.45) is 10.4 Å². The number of amidine groups is 1. The lowest BCUT2D eigenvalue weighted by molar-refractivity contribution is 0.357. The Balaban J connectivity index is 2.21. The second kappa shape index (κ2) is 5.75. The molecule has 0 aromatic heterocycles. The molecule has 1 N–H and O–H groups in total. The first-order valence-electron chi connectivity index (χ1n) is 5.63. The molecule has 0 aromatic rings. The van der Waals surface area contributed by atoms with Gasteiger partial charge in [0.25, 0.3) is 0 Å². The van der Waals surface area contributed by atoms with Crippen molar-refractivity contribution in [2.45, 2.75) is 20.8 Å². The summed E-state index contributed by atoms with van der Waals surface area (Å²) in [6.07, 6.45) is 0. The van der Waals surface area contributed by atoms with E-state index in [-0.39, 0.29) is 0 Å². The number of nitrogens with one attached hydrogen (secondary N) is 1. The van der Waals surface area contributed by atoms with Gasteiger partial charge in [0, 0.05) is 25.4 Å². The predicted octanol–water partition coefficient (Wildman–Crippen LogP) is 1.66. The van der Waals surface area contributed by atoms with Crippen molar-refractivity contribution >= 4 is 16.9 Å². The molecule has 0 saturated heterocycles. The highest BCUT2D eigenvalue weighted by Gasteiger charge is 2.22. The minimum atomic E-state index is 0.371. The maximum atomic E-state index is 4.55. The molecule has 1 aliphatic heterocycles. The Morgan fingerprint density at radius 3 is 2.80 bits per heavy atom. The van der Waals surface area contributed by atoms with Crippen LogP contribution in [-0.4, -0.2) is 49.0 Å². The monoisotopic (exact) mass is 229 g/mol. The van der Waals surface area contributed by atoms with Crippen LogP contribution in [0.4, 0.5) is 0 Å². The van der Waals surface area contributed by atoms with Crippen molar-refractivity contribution in [3.63, 3.8) is 0 Å². The highest BCUT2D eigenvalue weighted by atomic mass is 32.2. The number of rotatable bonds is 4. The third-order valence-electron chi connectivity index (χ3n) is 2.56. The molecule has 0 atom stereocenters. The Labute approximate surface area is 97.7 Å². The lowest BCUT2D eigenvalue weighted by atomic mass is 9.97.